The van der Waals surface area contributed by atoms with Crippen molar-refractivity contribution in [2.45, 2.75) is 58.7 Å². The topological polar surface area (TPSA) is 47.6 Å². The first kappa shape index (κ1) is 17.6. The summed E-state index contributed by atoms with van der Waals surface area (Å²) in [5.41, 5.74) is -0.407. The Kier molecular flexibility index (Phi) is 7.67. The Hall–Kier alpha value is -0.450. The number of rotatable bonds is 10. The van der Waals surface area contributed by atoms with Gasteiger partial charge in [-0.05, 0) is 48.1 Å². The maximum Gasteiger partial charge on any atom is 0.132 e. The van der Waals surface area contributed by atoms with Gasteiger partial charge in [-0.2, -0.15) is 0 Å². The van der Waals surface area contributed by atoms with Crippen molar-refractivity contribution >= 4 is 5.78 Å². The zero-order valence-corrected chi connectivity index (χ0v) is 12.8. The highest BCUT2D eigenvalue weighted by atomic mass is 16.5. The Labute approximate surface area is 111 Å². The predicted molar refractivity (Wildman–Crippen MR) is 73.9 cm³/mol. The molecule has 0 fully saturated rings. The Balaban J connectivity index is 3.85. The number of carbonyl (C=O) groups is 1. The van der Waals surface area contributed by atoms with Gasteiger partial charge in [0, 0.05) is 13.0 Å². The number of hydrogen-bond acceptors (Lipinski definition) is 4. The Morgan fingerprint density at radius 2 is 1.61 bits per heavy atom. The molecule has 0 atom stereocenters. The molecule has 0 bridgehead atoms. The fourth-order valence-electron chi connectivity index (χ4n) is 1.59. The van der Waals surface area contributed by atoms with Crippen molar-refractivity contribution < 1.29 is 14.3 Å². The summed E-state index contributed by atoms with van der Waals surface area (Å²) in [5.74, 6) is 0.164. The Bertz CT molecular complexity index is 249. The summed E-state index contributed by atoms with van der Waals surface area (Å²) in [6.07, 6.45) is 1.30. The van der Waals surface area contributed by atoms with Crippen LogP contribution in [0.4, 0.5) is 0 Å². The van der Waals surface area contributed by atoms with Crippen LogP contribution < -0.4 is 5.32 Å². The van der Waals surface area contributed by atoms with E-state index >= 15 is 0 Å². The van der Waals surface area contributed by atoms with Crippen molar-refractivity contribution in [1.29, 1.82) is 0 Å². The standard InChI is InChI=1S/C14H29NO3/c1-12(16)7-9-17-13(2,3)8-10-18-14(4,5)11-15-6/h15H,7-11H2,1-6H3. The van der Waals surface area contributed by atoms with Crippen LogP contribution in [-0.2, 0) is 14.3 Å². The summed E-state index contributed by atoms with van der Waals surface area (Å²) in [7, 11) is 1.92. The largest absolute Gasteiger partial charge is 0.375 e. The van der Waals surface area contributed by atoms with Crippen LogP contribution in [0.5, 0.6) is 0 Å². The van der Waals surface area contributed by atoms with Gasteiger partial charge in [0.2, 0.25) is 0 Å². The molecule has 4 nitrogen and oxygen atoms in total. The lowest BCUT2D eigenvalue weighted by molar-refractivity contribution is -0.120. The molecule has 0 heterocycles. The minimum absolute atomic E-state index is 0.162. The van der Waals surface area contributed by atoms with Gasteiger partial charge in [-0.3, -0.25) is 4.79 Å². The molecule has 0 saturated heterocycles. The van der Waals surface area contributed by atoms with Crippen LogP contribution in [0.2, 0.25) is 0 Å². The van der Waals surface area contributed by atoms with E-state index in [-0.39, 0.29) is 17.0 Å². The molecule has 0 spiro atoms. The molecule has 1 N–H and O–H groups in total. The lowest BCUT2D eigenvalue weighted by atomic mass is 10.1. The maximum absolute atomic E-state index is 10.8. The summed E-state index contributed by atoms with van der Waals surface area (Å²) < 4.78 is 11.5. The molecular formula is C14H29NO3. The molecule has 0 rings (SSSR count). The van der Waals surface area contributed by atoms with Crippen LogP contribution in [0.25, 0.3) is 0 Å². The van der Waals surface area contributed by atoms with Gasteiger partial charge in [0.1, 0.15) is 5.78 Å². The minimum Gasteiger partial charge on any atom is -0.375 e. The van der Waals surface area contributed by atoms with E-state index in [2.05, 4.69) is 19.2 Å². The third-order valence-corrected chi connectivity index (χ3v) is 2.75. The van der Waals surface area contributed by atoms with Gasteiger partial charge < -0.3 is 14.8 Å². The summed E-state index contributed by atoms with van der Waals surface area (Å²) in [5, 5.41) is 3.11. The maximum atomic E-state index is 10.8. The number of carbonyl (C=O) groups excluding carboxylic acids is 1. The molecular weight excluding hydrogens is 230 g/mol. The summed E-state index contributed by atoms with van der Waals surface area (Å²) in [4.78, 5) is 10.8. The second-order valence-corrected chi connectivity index (χ2v) is 5.95. The molecule has 0 aliphatic rings. The fourth-order valence-corrected chi connectivity index (χ4v) is 1.59. The normalized spacial score (nSPS) is 12.8. The molecule has 0 radical (unpaired) electrons. The van der Waals surface area contributed by atoms with Crippen LogP contribution in [0.3, 0.4) is 0 Å². The van der Waals surface area contributed by atoms with Gasteiger partial charge in [0.25, 0.3) is 0 Å². The average molecular weight is 259 g/mol. The second kappa shape index (κ2) is 7.87. The van der Waals surface area contributed by atoms with E-state index in [0.29, 0.717) is 19.6 Å². The SMILES string of the molecule is CNCC(C)(C)OCCC(C)(C)OCCC(C)=O. The second-order valence-electron chi connectivity index (χ2n) is 5.95. The van der Waals surface area contributed by atoms with E-state index in [4.69, 9.17) is 9.47 Å². The molecule has 0 unspecified atom stereocenters. The van der Waals surface area contributed by atoms with E-state index in [1.807, 2.05) is 20.9 Å². The van der Waals surface area contributed by atoms with Gasteiger partial charge in [-0.25, -0.2) is 0 Å². The monoisotopic (exact) mass is 259 g/mol. The molecule has 108 valence electrons. The Morgan fingerprint density at radius 1 is 1.06 bits per heavy atom. The number of nitrogens with one attached hydrogen (secondary N) is 1. The van der Waals surface area contributed by atoms with Gasteiger partial charge in [0.05, 0.1) is 24.4 Å². The number of Topliss-reactive ketones (excluding diaryl/α,β-unsaturated/α-hetero) is 1. The first-order chi connectivity index (χ1) is 8.18. The molecule has 0 saturated carbocycles. The van der Waals surface area contributed by atoms with Crippen LogP contribution >= 0.6 is 0 Å². The van der Waals surface area contributed by atoms with Crippen LogP contribution in [-0.4, -0.2) is 43.8 Å². The van der Waals surface area contributed by atoms with E-state index in [1.165, 1.54) is 0 Å². The highest BCUT2D eigenvalue weighted by molar-refractivity contribution is 5.75. The number of hydrogen-bond donors (Lipinski definition) is 1. The summed E-state index contributed by atoms with van der Waals surface area (Å²) >= 11 is 0. The molecule has 0 aliphatic heterocycles. The Morgan fingerprint density at radius 3 is 2.11 bits per heavy atom. The highest BCUT2D eigenvalue weighted by Gasteiger charge is 2.22. The first-order valence-electron chi connectivity index (χ1n) is 6.60. The van der Waals surface area contributed by atoms with Gasteiger partial charge in [0.15, 0.2) is 0 Å². The van der Waals surface area contributed by atoms with Crippen molar-refractivity contribution in [3.05, 3.63) is 0 Å². The van der Waals surface area contributed by atoms with Crippen LogP contribution in [0.1, 0.15) is 47.5 Å². The van der Waals surface area contributed by atoms with Crippen molar-refractivity contribution in [1.82, 2.24) is 5.32 Å². The third kappa shape index (κ3) is 9.57. The summed E-state index contributed by atoms with van der Waals surface area (Å²) in [6.45, 7) is 11.7. The van der Waals surface area contributed by atoms with Crippen molar-refractivity contribution in [2.24, 2.45) is 0 Å². The number of ether oxygens (including phenoxy) is 2. The smallest absolute Gasteiger partial charge is 0.132 e. The molecule has 0 aromatic rings. The van der Waals surface area contributed by atoms with E-state index in [1.54, 1.807) is 6.92 Å². The zero-order valence-electron chi connectivity index (χ0n) is 12.8. The van der Waals surface area contributed by atoms with Gasteiger partial charge >= 0.3 is 0 Å². The molecule has 0 aliphatic carbocycles. The van der Waals surface area contributed by atoms with Crippen LogP contribution in [0.15, 0.2) is 0 Å². The molecule has 0 aromatic heterocycles. The highest BCUT2D eigenvalue weighted by Crippen LogP contribution is 2.17. The van der Waals surface area contributed by atoms with Crippen LogP contribution in [0, 0.1) is 0 Å². The minimum atomic E-state index is -0.245. The molecule has 4 heteroatoms. The lowest BCUT2D eigenvalue weighted by Gasteiger charge is -2.29. The fraction of sp³-hybridized carbons (Fsp3) is 0.929. The zero-order chi connectivity index (χ0) is 14.2. The van der Waals surface area contributed by atoms with E-state index in [9.17, 15) is 4.79 Å². The van der Waals surface area contributed by atoms with Crippen molar-refractivity contribution in [3.8, 4) is 0 Å². The first-order valence-corrected chi connectivity index (χ1v) is 6.60. The average Bonchev–Trinajstić information content (AvgIpc) is 2.15. The predicted octanol–water partition coefficient (Wildman–Crippen LogP) is 2.17. The quantitative estimate of drug-likeness (QED) is 0.653. The molecule has 0 aromatic carbocycles. The van der Waals surface area contributed by atoms with E-state index < -0.39 is 0 Å². The van der Waals surface area contributed by atoms with Gasteiger partial charge in [-0.1, -0.05) is 0 Å². The van der Waals surface area contributed by atoms with E-state index in [0.717, 1.165) is 13.0 Å². The third-order valence-electron chi connectivity index (χ3n) is 2.75. The van der Waals surface area contributed by atoms with Crippen molar-refractivity contribution in [3.63, 3.8) is 0 Å². The number of ketones is 1. The van der Waals surface area contributed by atoms with Crippen molar-refractivity contribution in [2.75, 3.05) is 26.8 Å². The number of likely N-dealkylation sites (N-methyl/N-ethyl adjacent to an activating group) is 1. The molecule has 18 heavy (non-hydrogen) atoms. The summed E-state index contributed by atoms with van der Waals surface area (Å²) in [6, 6.07) is 0. The van der Waals surface area contributed by atoms with Gasteiger partial charge in [-0.15, -0.1) is 0 Å². The lowest BCUT2D eigenvalue weighted by Crippen LogP contribution is -2.37. The molecule has 0 amide bonds.